The Kier molecular flexibility index (Phi) is 3.32. The van der Waals surface area contributed by atoms with Crippen molar-refractivity contribution in [2.45, 2.75) is 0 Å². The lowest BCUT2D eigenvalue weighted by Gasteiger charge is -2.06. The third kappa shape index (κ3) is 2.09. The van der Waals surface area contributed by atoms with Crippen molar-refractivity contribution in [1.82, 2.24) is 9.78 Å². The SMILES string of the molecule is O=c1c(Cl)c(Cl)cnn1-c1cc(F)c(F)c(F)c1. The van der Waals surface area contributed by atoms with Gasteiger partial charge in [-0.1, -0.05) is 23.2 Å². The van der Waals surface area contributed by atoms with Crippen LogP contribution < -0.4 is 5.56 Å². The summed E-state index contributed by atoms with van der Waals surface area (Å²) in [6.45, 7) is 0. The molecule has 0 bridgehead atoms. The molecule has 8 heteroatoms. The Morgan fingerprint density at radius 3 is 2.22 bits per heavy atom. The van der Waals surface area contributed by atoms with Crippen molar-refractivity contribution in [2.24, 2.45) is 0 Å². The molecule has 18 heavy (non-hydrogen) atoms. The fourth-order valence-electron chi connectivity index (χ4n) is 1.26. The third-order valence-corrected chi connectivity index (χ3v) is 2.84. The van der Waals surface area contributed by atoms with E-state index in [0.29, 0.717) is 16.8 Å². The summed E-state index contributed by atoms with van der Waals surface area (Å²) >= 11 is 11.1. The van der Waals surface area contributed by atoms with Crippen LogP contribution in [0, 0.1) is 17.5 Å². The molecule has 94 valence electrons. The van der Waals surface area contributed by atoms with E-state index in [-0.39, 0.29) is 15.7 Å². The predicted molar refractivity (Wildman–Crippen MR) is 59.7 cm³/mol. The quantitative estimate of drug-likeness (QED) is 0.758. The molecule has 0 aliphatic carbocycles. The van der Waals surface area contributed by atoms with Crippen LogP contribution in [0.25, 0.3) is 5.69 Å². The maximum atomic E-state index is 13.0. The first kappa shape index (κ1) is 12.9. The molecular formula is C10H3Cl2F3N2O. The van der Waals surface area contributed by atoms with Gasteiger partial charge in [-0.05, 0) is 0 Å². The number of hydrogen-bond donors (Lipinski definition) is 0. The molecule has 1 heterocycles. The van der Waals surface area contributed by atoms with Gasteiger partial charge < -0.3 is 0 Å². The van der Waals surface area contributed by atoms with Gasteiger partial charge in [0.15, 0.2) is 17.5 Å². The van der Waals surface area contributed by atoms with E-state index >= 15 is 0 Å². The van der Waals surface area contributed by atoms with Crippen molar-refractivity contribution in [3.8, 4) is 5.69 Å². The lowest BCUT2D eigenvalue weighted by Crippen LogP contribution is -2.22. The minimum absolute atomic E-state index is 0.0963. The first-order chi connectivity index (χ1) is 8.41. The molecule has 1 aromatic heterocycles. The Hall–Kier alpha value is -1.53. The van der Waals surface area contributed by atoms with Crippen molar-refractivity contribution in [3.05, 3.63) is 56.2 Å². The predicted octanol–water partition coefficient (Wildman–Crippen LogP) is 2.96. The second kappa shape index (κ2) is 4.62. The molecule has 0 amide bonds. The highest BCUT2D eigenvalue weighted by molar-refractivity contribution is 6.41. The van der Waals surface area contributed by atoms with Crippen LogP contribution in [0.4, 0.5) is 13.2 Å². The van der Waals surface area contributed by atoms with Crippen LogP contribution in [0.15, 0.2) is 23.1 Å². The lowest BCUT2D eigenvalue weighted by atomic mass is 10.3. The van der Waals surface area contributed by atoms with Gasteiger partial charge in [0, 0.05) is 12.1 Å². The number of hydrogen-bond acceptors (Lipinski definition) is 2. The summed E-state index contributed by atoms with van der Waals surface area (Å²) in [6.07, 6.45) is 1.03. The number of aromatic nitrogens is 2. The van der Waals surface area contributed by atoms with E-state index < -0.39 is 23.0 Å². The first-order valence-corrected chi connectivity index (χ1v) is 5.25. The summed E-state index contributed by atoms with van der Waals surface area (Å²) in [5.74, 6) is -4.51. The van der Waals surface area contributed by atoms with Crippen LogP contribution in [-0.4, -0.2) is 9.78 Å². The maximum Gasteiger partial charge on any atom is 0.291 e. The van der Waals surface area contributed by atoms with Crippen molar-refractivity contribution in [1.29, 1.82) is 0 Å². The van der Waals surface area contributed by atoms with Crippen LogP contribution in [0.1, 0.15) is 0 Å². The summed E-state index contributed by atoms with van der Waals surface area (Å²) < 4.78 is 39.4. The summed E-state index contributed by atoms with van der Waals surface area (Å²) in [7, 11) is 0. The Balaban J connectivity index is 2.71. The molecule has 0 radical (unpaired) electrons. The second-order valence-electron chi connectivity index (χ2n) is 3.25. The minimum Gasteiger partial charge on any atom is -0.266 e. The van der Waals surface area contributed by atoms with Crippen molar-refractivity contribution < 1.29 is 13.2 Å². The van der Waals surface area contributed by atoms with Crippen molar-refractivity contribution in [2.75, 3.05) is 0 Å². The topological polar surface area (TPSA) is 34.9 Å². The molecule has 2 aromatic rings. The zero-order chi connectivity index (χ0) is 13.4. The molecule has 0 aliphatic rings. The molecular weight excluding hydrogens is 292 g/mol. The van der Waals surface area contributed by atoms with E-state index in [9.17, 15) is 18.0 Å². The van der Waals surface area contributed by atoms with Gasteiger partial charge in [0.25, 0.3) is 5.56 Å². The second-order valence-corrected chi connectivity index (χ2v) is 4.03. The largest absolute Gasteiger partial charge is 0.291 e. The molecule has 0 saturated heterocycles. The van der Waals surface area contributed by atoms with Crippen LogP contribution in [0.2, 0.25) is 10.0 Å². The third-order valence-electron chi connectivity index (χ3n) is 2.09. The van der Waals surface area contributed by atoms with E-state index in [1.54, 1.807) is 0 Å². The Morgan fingerprint density at radius 1 is 1.11 bits per heavy atom. The highest BCUT2D eigenvalue weighted by Gasteiger charge is 2.14. The van der Waals surface area contributed by atoms with Crippen LogP contribution in [-0.2, 0) is 0 Å². The van der Waals surface area contributed by atoms with Crippen LogP contribution >= 0.6 is 23.2 Å². The average molecular weight is 295 g/mol. The average Bonchev–Trinajstić information content (AvgIpc) is 2.33. The van der Waals surface area contributed by atoms with E-state index in [2.05, 4.69) is 5.10 Å². The van der Waals surface area contributed by atoms with Gasteiger partial charge in [-0.15, -0.1) is 0 Å². The Bertz CT molecular complexity index is 664. The summed E-state index contributed by atoms with van der Waals surface area (Å²) in [6, 6.07) is 1.24. The molecule has 0 N–H and O–H groups in total. The Morgan fingerprint density at radius 2 is 1.67 bits per heavy atom. The first-order valence-electron chi connectivity index (χ1n) is 4.50. The molecule has 3 nitrogen and oxygen atoms in total. The Labute approximate surface area is 108 Å². The monoisotopic (exact) mass is 294 g/mol. The molecule has 0 atom stereocenters. The van der Waals surface area contributed by atoms with Gasteiger partial charge in [-0.25, -0.2) is 13.2 Å². The van der Waals surface area contributed by atoms with Gasteiger partial charge in [0.2, 0.25) is 0 Å². The van der Waals surface area contributed by atoms with E-state index in [1.165, 1.54) is 0 Å². The maximum absolute atomic E-state index is 13.0. The molecule has 2 rings (SSSR count). The standard InChI is InChI=1S/C10H3Cl2F3N2O/c11-5-3-16-17(10(18)8(5)12)4-1-6(13)9(15)7(14)2-4/h1-3H. The fraction of sp³-hybridized carbons (Fsp3) is 0. The molecule has 0 unspecified atom stereocenters. The molecule has 1 aromatic carbocycles. The minimum atomic E-state index is -1.63. The lowest BCUT2D eigenvalue weighted by molar-refractivity contribution is 0.445. The number of rotatable bonds is 1. The van der Waals surface area contributed by atoms with Crippen LogP contribution in [0.5, 0.6) is 0 Å². The number of halogens is 5. The molecule has 0 aliphatic heterocycles. The van der Waals surface area contributed by atoms with Crippen molar-refractivity contribution in [3.63, 3.8) is 0 Å². The molecule has 0 spiro atoms. The van der Waals surface area contributed by atoms with Crippen LogP contribution in [0.3, 0.4) is 0 Å². The van der Waals surface area contributed by atoms with E-state index in [0.717, 1.165) is 6.20 Å². The van der Waals surface area contributed by atoms with Crippen molar-refractivity contribution >= 4 is 23.2 Å². The van der Waals surface area contributed by atoms with Gasteiger partial charge in [0.1, 0.15) is 5.02 Å². The number of nitrogens with zero attached hydrogens (tertiary/aromatic N) is 2. The molecule has 0 saturated carbocycles. The van der Waals surface area contributed by atoms with Gasteiger partial charge in [-0.2, -0.15) is 9.78 Å². The van der Waals surface area contributed by atoms with Gasteiger partial charge in [0.05, 0.1) is 16.9 Å². The normalized spacial score (nSPS) is 10.7. The van der Waals surface area contributed by atoms with E-state index in [1.807, 2.05) is 0 Å². The summed E-state index contributed by atoms with van der Waals surface area (Å²) in [5, 5.41) is 3.11. The smallest absolute Gasteiger partial charge is 0.266 e. The number of benzene rings is 1. The van der Waals surface area contributed by atoms with E-state index in [4.69, 9.17) is 23.2 Å². The van der Waals surface area contributed by atoms with Gasteiger partial charge in [-0.3, -0.25) is 4.79 Å². The summed E-state index contributed by atoms with van der Waals surface area (Å²) in [5.41, 5.74) is -1.16. The molecule has 0 fully saturated rings. The zero-order valence-corrected chi connectivity index (χ0v) is 9.94. The fourth-order valence-corrected chi connectivity index (χ4v) is 1.51. The summed E-state index contributed by atoms with van der Waals surface area (Å²) in [4.78, 5) is 11.6. The highest BCUT2D eigenvalue weighted by Crippen LogP contribution is 2.18. The zero-order valence-electron chi connectivity index (χ0n) is 8.42. The highest BCUT2D eigenvalue weighted by atomic mass is 35.5. The van der Waals surface area contributed by atoms with Gasteiger partial charge >= 0.3 is 0 Å².